The molecule has 0 spiro atoms. The number of carbonyl (C=O) groups excluding carboxylic acids is 2. The van der Waals surface area contributed by atoms with Crippen LogP contribution in [-0.4, -0.2) is 35.5 Å². The summed E-state index contributed by atoms with van der Waals surface area (Å²) in [6, 6.07) is 5.46. The Kier molecular flexibility index (Phi) is 5.90. The normalized spacial score (nSPS) is 22.6. The Bertz CT molecular complexity index is 993. The van der Waals surface area contributed by atoms with Crippen molar-refractivity contribution in [2.45, 2.75) is 45.3 Å². The molecule has 1 amide bonds. The number of carbonyl (C=O) groups is 2. The molecule has 3 rings (SSSR count). The Morgan fingerprint density at radius 1 is 1.23 bits per heavy atom. The second-order valence-electron chi connectivity index (χ2n) is 7.92. The second kappa shape index (κ2) is 8.10. The highest BCUT2D eigenvalue weighted by atomic mass is 19.2. The molecule has 1 N–H and O–H groups in total. The van der Waals surface area contributed by atoms with Gasteiger partial charge in [-0.25, -0.2) is 4.39 Å². The van der Waals surface area contributed by atoms with Gasteiger partial charge in [0, 0.05) is 30.3 Å². The molecule has 6 nitrogen and oxygen atoms in total. The zero-order valence-electron chi connectivity index (χ0n) is 17.5. The Morgan fingerprint density at radius 3 is 2.57 bits per heavy atom. The van der Waals surface area contributed by atoms with Crippen LogP contribution in [0, 0.1) is 17.6 Å². The van der Waals surface area contributed by atoms with E-state index in [1.165, 1.54) is 32.4 Å². The smallest absolute Gasteiger partial charge is 0.254 e. The predicted molar refractivity (Wildman–Crippen MR) is 107 cm³/mol. The maximum absolute atomic E-state index is 14.4. The van der Waals surface area contributed by atoms with Gasteiger partial charge in [0.2, 0.25) is 5.82 Å². The largest absolute Gasteiger partial charge is 0.493 e. The number of halogens is 2. The van der Waals surface area contributed by atoms with Crippen molar-refractivity contribution in [3.05, 3.63) is 53.4 Å². The first-order valence-electron chi connectivity index (χ1n) is 9.54. The third-order valence-corrected chi connectivity index (χ3v) is 5.68. The summed E-state index contributed by atoms with van der Waals surface area (Å²) in [5, 5.41) is 2.74. The van der Waals surface area contributed by atoms with Crippen LogP contribution in [0.2, 0.25) is 0 Å². The van der Waals surface area contributed by atoms with Gasteiger partial charge in [-0.1, -0.05) is 13.0 Å². The molecular formula is C22H24F2N2O4. The van der Waals surface area contributed by atoms with E-state index in [9.17, 15) is 18.4 Å². The zero-order valence-corrected chi connectivity index (χ0v) is 17.5. The first-order valence-corrected chi connectivity index (χ1v) is 9.54. The first-order chi connectivity index (χ1) is 14.1. The number of benzene rings is 1. The van der Waals surface area contributed by atoms with Gasteiger partial charge in [0.25, 0.3) is 5.91 Å². The summed E-state index contributed by atoms with van der Waals surface area (Å²) in [4.78, 5) is 28.6. The van der Waals surface area contributed by atoms with E-state index in [1.54, 1.807) is 6.07 Å². The summed E-state index contributed by atoms with van der Waals surface area (Å²) in [7, 11) is 1.25. The first kappa shape index (κ1) is 21.8. The van der Waals surface area contributed by atoms with Crippen molar-refractivity contribution >= 4 is 17.4 Å². The van der Waals surface area contributed by atoms with Gasteiger partial charge in [0.05, 0.1) is 12.7 Å². The lowest BCUT2D eigenvalue weighted by Crippen LogP contribution is -2.33. The van der Waals surface area contributed by atoms with Crippen molar-refractivity contribution < 1.29 is 27.8 Å². The van der Waals surface area contributed by atoms with Gasteiger partial charge in [0.1, 0.15) is 11.8 Å². The predicted octanol–water partition coefficient (Wildman–Crippen LogP) is 4.11. The fourth-order valence-corrected chi connectivity index (χ4v) is 3.78. The molecule has 1 aliphatic heterocycles. The molecule has 0 bridgehead atoms. The van der Waals surface area contributed by atoms with E-state index in [0.717, 1.165) is 6.07 Å². The Labute approximate surface area is 173 Å². The number of rotatable bonds is 5. The highest BCUT2D eigenvalue weighted by Gasteiger charge is 2.51. The number of ketones is 1. The van der Waals surface area contributed by atoms with Crippen LogP contribution >= 0.6 is 0 Å². The van der Waals surface area contributed by atoms with Crippen molar-refractivity contribution in [1.82, 2.24) is 4.98 Å². The van der Waals surface area contributed by atoms with E-state index < -0.39 is 35.2 Å². The molecule has 2 heterocycles. The summed E-state index contributed by atoms with van der Waals surface area (Å²) in [6.07, 6.45) is 0.437. The molecule has 8 heteroatoms. The summed E-state index contributed by atoms with van der Waals surface area (Å²) in [6.45, 7) is 6.94. The molecule has 1 aromatic carbocycles. The molecule has 1 aromatic heterocycles. The van der Waals surface area contributed by atoms with Crippen LogP contribution in [0.3, 0.4) is 0 Å². The van der Waals surface area contributed by atoms with Gasteiger partial charge in [-0.2, -0.15) is 4.39 Å². The summed E-state index contributed by atoms with van der Waals surface area (Å²) in [5.74, 6) is -3.88. The van der Waals surface area contributed by atoms with Gasteiger partial charge in [0.15, 0.2) is 17.3 Å². The van der Waals surface area contributed by atoms with Gasteiger partial charge >= 0.3 is 0 Å². The van der Waals surface area contributed by atoms with Crippen molar-refractivity contribution in [1.29, 1.82) is 0 Å². The molecule has 1 fully saturated rings. The van der Waals surface area contributed by atoms with Crippen LogP contribution < -0.4 is 10.1 Å². The third-order valence-electron chi connectivity index (χ3n) is 5.68. The number of Topliss-reactive ketones (excluding diaryl/α,β-unsaturated/α-hetero) is 1. The number of aromatic nitrogens is 1. The van der Waals surface area contributed by atoms with E-state index in [1.807, 2.05) is 20.8 Å². The summed E-state index contributed by atoms with van der Waals surface area (Å²) in [5.41, 5.74) is 0.254. The maximum atomic E-state index is 14.4. The lowest BCUT2D eigenvalue weighted by Gasteiger charge is -2.25. The third kappa shape index (κ3) is 3.92. The average molecular weight is 418 g/mol. The molecule has 2 aromatic rings. The van der Waals surface area contributed by atoms with Gasteiger partial charge in [-0.05, 0) is 38.0 Å². The van der Waals surface area contributed by atoms with Gasteiger partial charge in [-0.15, -0.1) is 0 Å². The topological polar surface area (TPSA) is 77.5 Å². The minimum atomic E-state index is -1.11. The molecule has 0 unspecified atom stereocenters. The van der Waals surface area contributed by atoms with E-state index in [-0.39, 0.29) is 23.1 Å². The fourth-order valence-electron chi connectivity index (χ4n) is 3.78. The lowest BCUT2D eigenvalue weighted by atomic mass is 9.78. The molecular weight excluding hydrogens is 394 g/mol. The van der Waals surface area contributed by atoms with E-state index in [0.29, 0.717) is 11.3 Å². The molecule has 30 heavy (non-hydrogen) atoms. The molecule has 1 saturated heterocycles. The standard InChI is InChI=1S/C22H24F2N2O4/c1-11-17(14-6-7-15(23)18(24)19(14)29-5)20(30-22(11,3)4)21(28)26-13-8-9-25-16(10-13)12(2)27/h6-11,17,20H,1-5H3,(H,25,26,28)/t11-,17-,20-/m1/s1. The molecule has 160 valence electrons. The zero-order chi connectivity index (χ0) is 22.2. The Morgan fingerprint density at radius 2 is 1.93 bits per heavy atom. The van der Waals surface area contributed by atoms with E-state index >= 15 is 0 Å². The highest BCUT2D eigenvalue weighted by Crippen LogP contribution is 2.49. The quantitative estimate of drug-likeness (QED) is 0.740. The van der Waals surface area contributed by atoms with E-state index in [4.69, 9.17) is 9.47 Å². The van der Waals surface area contributed by atoms with Crippen molar-refractivity contribution in [2.75, 3.05) is 12.4 Å². The number of nitrogens with one attached hydrogen (secondary N) is 1. The summed E-state index contributed by atoms with van der Waals surface area (Å²) >= 11 is 0. The monoisotopic (exact) mass is 418 g/mol. The number of anilines is 1. The number of nitrogens with zero attached hydrogens (tertiary/aromatic N) is 1. The molecule has 1 aliphatic rings. The highest BCUT2D eigenvalue weighted by molar-refractivity contribution is 5.97. The number of hydrogen-bond acceptors (Lipinski definition) is 5. The number of methoxy groups -OCH3 is 1. The van der Waals surface area contributed by atoms with E-state index in [2.05, 4.69) is 10.3 Å². The molecule has 0 aliphatic carbocycles. The van der Waals surface area contributed by atoms with Gasteiger partial charge in [-0.3, -0.25) is 14.6 Å². The average Bonchev–Trinajstić information content (AvgIpc) is 2.93. The summed E-state index contributed by atoms with van der Waals surface area (Å²) < 4.78 is 39.2. The number of pyridine rings is 1. The fraction of sp³-hybridized carbons (Fsp3) is 0.409. The SMILES string of the molecule is COc1c([C@H]2[C@@H](C)C(C)(C)O[C@H]2C(=O)Nc2ccnc(C(C)=O)c2)ccc(F)c1F. The Balaban J connectivity index is 1.98. The number of amides is 1. The van der Waals surface area contributed by atoms with Crippen LogP contribution in [0.1, 0.15) is 49.7 Å². The van der Waals surface area contributed by atoms with Crippen LogP contribution in [0.4, 0.5) is 14.5 Å². The van der Waals surface area contributed by atoms with Gasteiger partial charge < -0.3 is 14.8 Å². The second-order valence-corrected chi connectivity index (χ2v) is 7.92. The maximum Gasteiger partial charge on any atom is 0.254 e. The van der Waals surface area contributed by atoms with Crippen LogP contribution in [0.5, 0.6) is 5.75 Å². The van der Waals surface area contributed by atoms with Crippen LogP contribution in [-0.2, 0) is 9.53 Å². The number of hydrogen-bond donors (Lipinski definition) is 1. The molecule has 3 atom stereocenters. The van der Waals surface area contributed by atoms with Crippen molar-refractivity contribution in [3.8, 4) is 5.75 Å². The molecule has 0 saturated carbocycles. The van der Waals surface area contributed by atoms with Crippen molar-refractivity contribution in [2.24, 2.45) is 5.92 Å². The minimum Gasteiger partial charge on any atom is -0.493 e. The Hall–Kier alpha value is -2.87. The lowest BCUT2D eigenvalue weighted by molar-refractivity contribution is -0.131. The van der Waals surface area contributed by atoms with Crippen LogP contribution in [0.25, 0.3) is 0 Å². The van der Waals surface area contributed by atoms with Crippen LogP contribution in [0.15, 0.2) is 30.5 Å². The van der Waals surface area contributed by atoms with Crippen molar-refractivity contribution in [3.63, 3.8) is 0 Å². The minimum absolute atomic E-state index is 0.211. The number of ether oxygens (including phenoxy) is 2. The molecule has 0 radical (unpaired) electrons.